The molecule has 1 aliphatic carbocycles. The van der Waals surface area contributed by atoms with Crippen molar-refractivity contribution >= 4 is 0 Å². The molecule has 1 fully saturated rings. The lowest BCUT2D eigenvalue weighted by atomic mass is 9.74. The van der Waals surface area contributed by atoms with Gasteiger partial charge in [-0.25, -0.2) is 0 Å². The molecular formula is C17H27NO. The molecule has 1 aromatic rings. The summed E-state index contributed by atoms with van der Waals surface area (Å²) >= 11 is 0. The molecule has 2 rings (SSSR count). The van der Waals surface area contributed by atoms with Crippen LogP contribution in [0.3, 0.4) is 0 Å². The van der Waals surface area contributed by atoms with E-state index in [-0.39, 0.29) is 5.41 Å². The molecule has 1 aliphatic rings. The van der Waals surface area contributed by atoms with Crippen molar-refractivity contribution in [3.05, 3.63) is 35.9 Å². The Bertz CT molecular complexity index is 357. The molecule has 1 aromatic carbocycles. The molecule has 19 heavy (non-hydrogen) atoms. The fraction of sp³-hybridized carbons (Fsp3) is 0.647. The summed E-state index contributed by atoms with van der Waals surface area (Å²) in [7, 11) is 0. The maximum absolute atomic E-state index is 9.76. The fourth-order valence-corrected chi connectivity index (χ4v) is 3.22. The van der Waals surface area contributed by atoms with Gasteiger partial charge >= 0.3 is 0 Å². The Labute approximate surface area is 117 Å². The number of hydrogen-bond donors (Lipinski definition) is 2. The van der Waals surface area contributed by atoms with Crippen molar-refractivity contribution < 1.29 is 5.11 Å². The smallest absolute Gasteiger partial charge is 0.0499 e. The lowest BCUT2D eigenvalue weighted by Gasteiger charge is -2.37. The van der Waals surface area contributed by atoms with Crippen LogP contribution in [0.15, 0.2) is 30.3 Å². The lowest BCUT2D eigenvalue weighted by Crippen LogP contribution is -2.40. The van der Waals surface area contributed by atoms with Gasteiger partial charge in [-0.15, -0.1) is 0 Å². The zero-order valence-corrected chi connectivity index (χ0v) is 12.1. The van der Waals surface area contributed by atoms with Gasteiger partial charge in [-0.3, -0.25) is 0 Å². The molecule has 2 N–H and O–H groups in total. The number of benzene rings is 1. The predicted octanol–water partition coefficient (Wildman–Crippen LogP) is 3.67. The Morgan fingerprint density at radius 3 is 2.42 bits per heavy atom. The van der Waals surface area contributed by atoms with Crippen LogP contribution in [0.5, 0.6) is 0 Å². The molecular weight excluding hydrogens is 234 g/mol. The van der Waals surface area contributed by atoms with Crippen molar-refractivity contribution in [1.82, 2.24) is 5.32 Å². The maximum Gasteiger partial charge on any atom is 0.0499 e. The first-order chi connectivity index (χ1) is 9.29. The van der Waals surface area contributed by atoms with E-state index >= 15 is 0 Å². The van der Waals surface area contributed by atoms with Gasteiger partial charge in [0.2, 0.25) is 0 Å². The molecule has 1 unspecified atom stereocenters. The van der Waals surface area contributed by atoms with Gasteiger partial charge in [0.15, 0.2) is 0 Å². The Morgan fingerprint density at radius 1 is 1.16 bits per heavy atom. The number of aliphatic hydroxyl groups is 1. The molecule has 2 nitrogen and oxygen atoms in total. The van der Waals surface area contributed by atoms with Crippen LogP contribution in [0.1, 0.15) is 57.1 Å². The number of hydrogen-bond acceptors (Lipinski definition) is 2. The molecule has 106 valence electrons. The van der Waals surface area contributed by atoms with Crippen LogP contribution in [-0.4, -0.2) is 18.3 Å². The van der Waals surface area contributed by atoms with Crippen LogP contribution in [0.25, 0.3) is 0 Å². The second-order valence-electron chi connectivity index (χ2n) is 5.97. The summed E-state index contributed by atoms with van der Waals surface area (Å²) in [4.78, 5) is 0. The molecule has 1 saturated carbocycles. The first kappa shape index (κ1) is 14.5. The number of nitrogens with one attached hydrogen (secondary N) is 1. The van der Waals surface area contributed by atoms with Crippen LogP contribution in [0, 0.1) is 5.41 Å². The first-order valence-corrected chi connectivity index (χ1v) is 7.69. The zero-order chi connectivity index (χ0) is 13.6. The topological polar surface area (TPSA) is 32.3 Å². The quantitative estimate of drug-likeness (QED) is 0.819. The average molecular weight is 261 g/mol. The lowest BCUT2D eigenvalue weighted by molar-refractivity contribution is 0.0781. The van der Waals surface area contributed by atoms with Crippen molar-refractivity contribution in [2.24, 2.45) is 5.41 Å². The highest BCUT2D eigenvalue weighted by Gasteiger charge is 2.31. The van der Waals surface area contributed by atoms with Gasteiger partial charge in [0.05, 0.1) is 0 Å². The van der Waals surface area contributed by atoms with Crippen molar-refractivity contribution in [3.63, 3.8) is 0 Å². The summed E-state index contributed by atoms with van der Waals surface area (Å²) in [6, 6.07) is 11.0. The van der Waals surface area contributed by atoms with Crippen molar-refractivity contribution in [3.8, 4) is 0 Å². The summed E-state index contributed by atoms with van der Waals surface area (Å²) < 4.78 is 0. The van der Waals surface area contributed by atoms with Gasteiger partial charge in [0, 0.05) is 24.6 Å². The molecule has 0 spiro atoms. The molecule has 0 bridgehead atoms. The highest BCUT2D eigenvalue weighted by Crippen LogP contribution is 2.35. The molecule has 0 radical (unpaired) electrons. The molecule has 1 atom stereocenters. The molecule has 0 saturated heterocycles. The minimum absolute atomic E-state index is 0.125. The minimum Gasteiger partial charge on any atom is -0.396 e. The van der Waals surface area contributed by atoms with E-state index in [2.05, 4.69) is 42.6 Å². The maximum atomic E-state index is 9.76. The van der Waals surface area contributed by atoms with Gasteiger partial charge in [-0.05, 0) is 24.8 Å². The second-order valence-corrected chi connectivity index (χ2v) is 5.97. The van der Waals surface area contributed by atoms with E-state index in [1.54, 1.807) is 0 Å². The molecule has 0 heterocycles. The van der Waals surface area contributed by atoms with E-state index in [0.717, 1.165) is 13.0 Å². The van der Waals surface area contributed by atoms with Gasteiger partial charge in [-0.2, -0.15) is 0 Å². The van der Waals surface area contributed by atoms with Gasteiger partial charge < -0.3 is 10.4 Å². The SMILES string of the molecule is CCC(NCC1(CO)CCCCC1)c1ccccc1. The van der Waals surface area contributed by atoms with Gasteiger partial charge in [0.1, 0.15) is 0 Å². The number of aliphatic hydroxyl groups excluding tert-OH is 1. The van der Waals surface area contributed by atoms with E-state index in [4.69, 9.17) is 0 Å². The van der Waals surface area contributed by atoms with Crippen molar-refractivity contribution in [2.45, 2.75) is 51.5 Å². The van der Waals surface area contributed by atoms with Gasteiger partial charge in [-0.1, -0.05) is 56.5 Å². The molecule has 0 aromatic heterocycles. The number of rotatable bonds is 6. The Morgan fingerprint density at radius 2 is 1.84 bits per heavy atom. The van der Waals surface area contributed by atoms with Crippen molar-refractivity contribution in [2.75, 3.05) is 13.2 Å². The molecule has 0 aliphatic heterocycles. The van der Waals surface area contributed by atoms with Crippen LogP contribution < -0.4 is 5.32 Å². The highest BCUT2D eigenvalue weighted by molar-refractivity contribution is 5.18. The largest absolute Gasteiger partial charge is 0.396 e. The van der Waals surface area contributed by atoms with Gasteiger partial charge in [0.25, 0.3) is 0 Å². The third-order valence-corrected chi connectivity index (χ3v) is 4.58. The van der Waals surface area contributed by atoms with E-state index in [0.29, 0.717) is 12.6 Å². The third-order valence-electron chi connectivity index (χ3n) is 4.58. The monoisotopic (exact) mass is 261 g/mol. The minimum atomic E-state index is 0.125. The zero-order valence-electron chi connectivity index (χ0n) is 12.1. The summed E-state index contributed by atoms with van der Waals surface area (Å²) in [5.41, 5.74) is 1.48. The van der Waals surface area contributed by atoms with Crippen LogP contribution >= 0.6 is 0 Å². The summed E-state index contributed by atoms with van der Waals surface area (Å²) in [6.07, 6.45) is 7.29. The van der Waals surface area contributed by atoms with E-state index < -0.39 is 0 Å². The third kappa shape index (κ3) is 3.80. The Hall–Kier alpha value is -0.860. The fourth-order valence-electron chi connectivity index (χ4n) is 3.22. The van der Waals surface area contributed by atoms with Crippen molar-refractivity contribution in [1.29, 1.82) is 0 Å². The Kier molecular flexibility index (Phi) is 5.41. The molecule has 0 amide bonds. The van der Waals surface area contributed by atoms with Crippen LogP contribution in [0.4, 0.5) is 0 Å². The predicted molar refractivity (Wildman–Crippen MR) is 80.1 cm³/mol. The highest BCUT2D eigenvalue weighted by atomic mass is 16.3. The molecule has 2 heteroatoms. The van der Waals surface area contributed by atoms with E-state index in [1.165, 1.54) is 37.7 Å². The van der Waals surface area contributed by atoms with E-state index in [1.807, 2.05) is 0 Å². The van der Waals surface area contributed by atoms with Crippen LogP contribution in [0.2, 0.25) is 0 Å². The van der Waals surface area contributed by atoms with Crippen LogP contribution in [-0.2, 0) is 0 Å². The Balaban J connectivity index is 1.95. The standard InChI is InChI=1S/C17H27NO/c1-2-16(15-9-5-3-6-10-15)18-13-17(14-19)11-7-4-8-12-17/h3,5-6,9-10,16,18-19H,2,4,7-8,11-14H2,1H3. The summed E-state index contributed by atoms with van der Waals surface area (Å²) in [5, 5.41) is 13.4. The summed E-state index contributed by atoms with van der Waals surface area (Å²) in [6.45, 7) is 3.49. The first-order valence-electron chi connectivity index (χ1n) is 7.69. The summed E-state index contributed by atoms with van der Waals surface area (Å²) in [5.74, 6) is 0. The van der Waals surface area contributed by atoms with E-state index in [9.17, 15) is 5.11 Å². The second kappa shape index (κ2) is 7.06. The average Bonchev–Trinajstić information content (AvgIpc) is 2.50. The normalized spacial score (nSPS) is 20.1.